The van der Waals surface area contributed by atoms with Gasteiger partial charge >= 0.3 is 0 Å². The molecule has 2 rings (SSSR count). The van der Waals surface area contributed by atoms with E-state index in [9.17, 15) is 10.2 Å². The van der Waals surface area contributed by atoms with Crippen LogP contribution in [0, 0.1) is 11.3 Å². The number of allylic oxidation sites excluding steroid dienone is 3. The van der Waals surface area contributed by atoms with E-state index >= 15 is 0 Å². The number of hydrogen-bond donors (Lipinski definition) is 2. The summed E-state index contributed by atoms with van der Waals surface area (Å²) >= 11 is 0. The minimum Gasteiger partial charge on any atom is -0.504 e. The molecule has 136 valence electrons. The minimum atomic E-state index is -0.381. The Morgan fingerprint density at radius 1 is 1.50 bits per heavy atom. The molecule has 0 aromatic rings. The number of ether oxygens (including phenoxy) is 1. The van der Waals surface area contributed by atoms with Crippen LogP contribution in [0.5, 0.6) is 0 Å². The van der Waals surface area contributed by atoms with Crippen molar-refractivity contribution in [2.75, 3.05) is 20.7 Å². The molecule has 4 unspecified atom stereocenters. The first-order valence-corrected chi connectivity index (χ1v) is 8.64. The molecule has 1 heterocycles. The van der Waals surface area contributed by atoms with Crippen molar-refractivity contribution < 1.29 is 14.9 Å². The molecule has 1 aliphatic heterocycles. The second-order valence-corrected chi connectivity index (χ2v) is 6.47. The van der Waals surface area contributed by atoms with Gasteiger partial charge in [-0.2, -0.15) is 0 Å². The molecule has 0 bridgehead atoms. The Hall–Kier alpha value is -1.52. The fourth-order valence-corrected chi connectivity index (χ4v) is 4.43. The number of likely N-dealkylation sites (tertiary alicyclic amines) is 1. The van der Waals surface area contributed by atoms with Crippen LogP contribution >= 0.6 is 0 Å². The lowest BCUT2D eigenvalue weighted by Crippen LogP contribution is -2.31. The highest BCUT2D eigenvalue weighted by molar-refractivity contribution is 5.47. The molecule has 1 aliphatic carbocycles. The van der Waals surface area contributed by atoms with Gasteiger partial charge in [-0.1, -0.05) is 18.6 Å². The van der Waals surface area contributed by atoms with E-state index in [2.05, 4.69) is 32.0 Å². The molecule has 2 aliphatic rings. The zero-order chi connectivity index (χ0) is 18.5. The van der Waals surface area contributed by atoms with Gasteiger partial charge in [-0.15, -0.1) is 13.2 Å². The molecule has 1 spiro atoms. The molecule has 1 saturated heterocycles. The van der Waals surface area contributed by atoms with Crippen molar-refractivity contribution in [3.63, 3.8) is 0 Å². The fourth-order valence-electron chi connectivity index (χ4n) is 4.43. The van der Waals surface area contributed by atoms with E-state index in [1.807, 2.05) is 19.9 Å². The van der Waals surface area contributed by atoms with Crippen molar-refractivity contribution >= 4 is 0 Å². The van der Waals surface area contributed by atoms with Gasteiger partial charge in [-0.05, 0) is 52.4 Å². The Labute approximate surface area is 146 Å². The van der Waals surface area contributed by atoms with E-state index in [-0.39, 0.29) is 23.2 Å². The summed E-state index contributed by atoms with van der Waals surface area (Å²) in [6, 6.07) is 0.445. The van der Waals surface area contributed by atoms with Crippen molar-refractivity contribution in [3.8, 4) is 0 Å². The first-order valence-electron chi connectivity index (χ1n) is 8.64. The number of aliphatic hydroxyl groups is 2. The van der Waals surface area contributed by atoms with E-state index in [1.165, 1.54) is 5.57 Å². The van der Waals surface area contributed by atoms with Gasteiger partial charge in [0.05, 0.1) is 13.2 Å². The van der Waals surface area contributed by atoms with Gasteiger partial charge in [-0.3, -0.25) is 0 Å². The largest absolute Gasteiger partial charge is 0.504 e. The van der Waals surface area contributed by atoms with Gasteiger partial charge in [0.15, 0.2) is 11.5 Å². The normalized spacial score (nSPS) is 33.3. The topological polar surface area (TPSA) is 52.9 Å². The summed E-state index contributed by atoms with van der Waals surface area (Å²) < 4.78 is 5.35. The van der Waals surface area contributed by atoms with Gasteiger partial charge in [0, 0.05) is 17.4 Å². The summed E-state index contributed by atoms with van der Waals surface area (Å²) in [6.07, 6.45) is 7.08. The summed E-state index contributed by atoms with van der Waals surface area (Å²) in [5, 5.41) is 20.3. The lowest BCUT2D eigenvalue weighted by molar-refractivity contribution is 0.136. The summed E-state index contributed by atoms with van der Waals surface area (Å²) in [6.45, 7) is 13.0. The summed E-state index contributed by atoms with van der Waals surface area (Å²) in [7, 11) is 3.72. The van der Waals surface area contributed by atoms with Gasteiger partial charge < -0.3 is 19.8 Å². The molecule has 24 heavy (non-hydrogen) atoms. The summed E-state index contributed by atoms with van der Waals surface area (Å²) in [4.78, 5) is 2.39. The standard InChI is InChI=1S/C18H29NO3.C2H4/c1-6-8-14(21)15(22-5)11-13-17(12(3)20)18(13)9-10-19(4)16(18)7-2;1-2/h6,8,11-12,16-17,20-21H,7,9-10H2,1-5H3;1-2H2/b8-6-,13-11?,15-14-;. The maximum Gasteiger partial charge on any atom is 0.160 e. The van der Waals surface area contributed by atoms with Crippen LogP contribution in [-0.4, -0.2) is 48.0 Å². The Morgan fingerprint density at radius 2 is 2.12 bits per heavy atom. The molecular formula is C20H33NO3. The van der Waals surface area contributed by atoms with E-state index in [0.717, 1.165) is 19.4 Å². The fraction of sp³-hybridized carbons (Fsp3) is 0.600. The van der Waals surface area contributed by atoms with Gasteiger partial charge in [0.25, 0.3) is 0 Å². The van der Waals surface area contributed by atoms with Crippen molar-refractivity contribution in [2.24, 2.45) is 11.3 Å². The average Bonchev–Trinajstić information content (AvgIpc) is 3.08. The van der Waals surface area contributed by atoms with Gasteiger partial charge in [-0.25, -0.2) is 0 Å². The lowest BCUT2D eigenvalue weighted by atomic mass is 9.90. The predicted molar refractivity (Wildman–Crippen MR) is 99.7 cm³/mol. The Balaban J connectivity index is 0.00000139. The predicted octanol–water partition coefficient (Wildman–Crippen LogP) is 3.82. The van der Waals surface area contributed by atoms with E-state index in [1.54, 1.807) is 19.3 Å². The van der Waals surface area contributed by atoms with Gasteiger partial charge in [0.1, 0.15) is 0 Å². The monoisotopic (exact) mass is 335 g/mol. The first-order chi connectivity index (χ1) is 11.4. The van der Waals surface area contributed by atoms with E-state index < -0.39 is 0 Å². The molecule has 4 heteroatoms. The Morgan fingerprint density at radius 3 is 2.58 bits per heavy atom. The highest BCUT2D eigenvalue weighted by Crippen LogP contribution is 2.68. The summed E-state index contributed by atoms with van der Waals surface area (Å²) in [5.74, 6) is 0.759. The maximum absolute atomic E-state index is 10.2. The number of hydrogen-bond acceptors (Lipinski definition) is 4. The van der Waals surface area contributed by atoms with E-state index in [4.69, 9.17) is 4.74 Å². The Kier molecular flexibility index (Phi) is 7.30. The number of aliphatic hydroxyl groups excluding tert-OH is 2. The van der Waals surface area contributed by atoms with Crippen molar-refractivity contribution in [1.82, 2.24) is 4.90 Å². The van der Waals surface area contributed by atoms with Crippen LogP contribution in [0.3, 0.4) is 0 Å². The molecule has 0 radical (unpaired) electrons. The third-order valence-corrected chi connectivity index (χ3v) is 5.30. The number of rotatable bonds is 5. The first kappa shape index (κ1) is 20.5. The van der Waals surface area contributed by atoms with Crippen LogP contribution in [0.2, 0.25) is 0 Å². The minimum absolute atomic E-state index is 0.0393. The highest BCUT2D eigenvalue weighted by Gasteiger charge is 2.67. The van der Waals surface area contributed by atoms with Crippen molar-refractivity contribution in [1.29, 1.82) is 0 Å². The molecular weight excluding hydrogens is 302 g/mol. The molecule has 2 N–H and O–H groups in total. The highest BCUT2D eigenvalue weighted by atomic mass is 16.5. The Bertz CT molecular complexity index is 521. The molecule has 0 amide bonds. The van der Waals surface area contributed by atoms with Gasteiger partial charge in [0.2, 0.25) is 0 Å². The second kappa shape index (κ2) is 8.54. The zero-order valence-electron chi connectivity index (χ0n) is 15.7. The quantitative estimate of drug-likeness (QED) is 0.456. The van der Waals surface area contributed by atoms with Crippen molar-refractivity contribution in [2.45, 2.75) is 45.8 Å². The second-order valence-electron chi connectivity index (χ2n) is 6.47. The SMILES string of the molecule is C/C=C\C(O)=C(/C=C1C(C(C)O)C12CCN(C)C2CC)OC.C=C. The van der Waals surface area contributed by atoms with Crippen LogP contribution in [-0.2, 0) is 4.74 Å². The molecule has 4 nitrogen and oxygen atoms in total. The van der Waals surface area contributed by atoms with Crippen LogP contribution < -0.4 is 0 Å². The number of nitrogens with zero attached hydrogens (tertiary/aromatic N) is 1. The molecule has 0 aromatic heterocycles. The van der Waals surface area contributed by atoms with Crippen LogP contribution in [0.4, 0.5) is 0 Å². The third-order valence-electron chi connectivity index (χ3n) is 5.30. The maximum atomic E-state index is 10.2. The van der Waals surface area contributed by atoms with Crippen LogP contribution in [0.15, 0.2) is 48.5 Å². The molecule has 2 fully saturated rings. The van der Waals surface area contributed by atoms with E-state index in [0.29, 0.717) is 11.8 Å². The molecule has 0 aromatic carbocycles. The summed E-state index contributed by atoms with van der Waals surface area (Å²) in [5.41, 5.74) is 1.25. The molecule has 1 saturated carbocycles. The number of methoxy groups -OCH3 is 1. The van der Waals surface area contributed by atoms with Crippen LogP contribution in [0.25, 0.3) is 0 Å². The lowest BCUT2D eigenvalue weighted by Gasteiger charge is -2.24. The molecule has 4 atom stereocenters. The zero-order valence-corrected chi connectivity index (χ0v) is 15.7. The third kappa shape index (κ3) is 3.45. The van der Waals surface area contributed by atoms with Crippen molar-refractivity contribution in [3.05, 3.63) is 48.5 Å². The smallest absolute Gasteiger partial charge is 0.160 e. The van der Waals surface area contributed by atoms with Crippen LogP contribution in [0.1, 0.15) is 33.6 Å². The average molecular weight is 335 g/mol.